The van der Waals surface area contributed by atoms with Crippen molar-refractivity contribution in [3.8, 4) is 0 Å². The predicted molar refractivity (Wildman–Crippen MR) is 56.3 cm³/mol. The molecule has 0 fully saturated rings. The van der Waals surface area contributed by atoms with E-state index in [-0.39, 0.29) is 13.0 Å². The van der Waals surface area contributed by atoms with Gasteiger partial charge in [-0.2, -0.15) is 0 Å². The van der Waals surface area contributed by atoms with Gasteiger partial charge in [0.05, 0.1) is 12.5 Å². The number of carbonyl (C=O) groups is 3. The van der Waals surface area contributed by atoms with E-state index < -0.39 is 30.4 Å². The van der Waals surface area contributed by atoms with E-state index in [1.165, 1.54) is 0 Å². The average molecular weight is 231 g/mol. The van der Waals surface area contributed by atoms with Crippen molar-refractivity contribution >= 4 is 17.8 Å². The molecule has 0 rings (SSSR count). The summed E-state index contributed by atoms with van der Waals surface area (Å²) in [6, 6.07) is -1.07. The lowest BCUT2D eigenvalue weighted by Crippen LogP contribution is -2.47. The van der Waals surface area contributed by atoms with Gasteiger partial charge < -0.3 is 21.5 Å². The average Bonchev–Trinajstić information content (AvgIpc) is 2.14. The summed E-state index contributed by atoms with van der Waals surface area (Å²) in [6.45, 7) is 1.68. The van der Waals surface area contributed by atoms with Gasteiger partial charge in [0.15, 0.2) is 0 Å². The highest BCUT2D eigenvalue weighted by Crippen LogP contribution is 1.99. The molecule has 1 unspecified atom stereocenters. The molecular formula is C9H17N3O4. The highest BCUT2D eigenvalue weighted by Gasteiger charge is 2.23. The molecule has 0 spiro atoms. The van der Waals surface area contributed by atoms with Crippen LogP contribution in [0.25, 0.3) is 0 Å². The Morgan fingerprint density at radius 3 is 2.31 bits per heavy atom. The Morgan fingerprint density at radius 1 is 1.38 bits per heavy atom. The van der Waals surface area contributed by atoms with Crippen LogP contribution in [0.4, 0.5) is 0 Å². The van der Waals surface area contributed by atoms with Crippen molar-refractivity contribution in [1.82, 2.24) is 4.90 Å². The molecule has 2 amide bonds. The molecule has 0 aromatic carbocycles. The molecule has 0 aromatic rings. The second-order valence-corrected chi connectivity index (χ2v) is 3.43. The van der Waals surface area contributed by atoms with Gasteiger partial charge in [0, 0.05) is 6.54 Å². The van der Waals surface area contributed by atoms with Gasteiger partial charge in [-0.05, 0) is 6.42 Å². The number of nitrogens with zero attached hydrogens (tertiary/aromatic N) is 1. The van der Waals surface area contributed by atoms with Crippen molar-refractivity contribution in [3.05, 3.63) is 0 Å². The van der Waals surface area contributed by atoms with Gasteiger partial charge in [-0.3, -0.25) is 14.4 Å². The molecule has 0 bridgehead atoms. The molecule has 0 saturated carbocycles. The van der Waals surface area contributed by atoms with E-state index >= 15 is 0 Å². The third kappa shape index (κ3) is 5.30. The minimum Gasteiger partial charge on any atom is -0.480 e. The maximum Gasteiger partial charge on any atom is 0.323 e. The second kappa shape index (κ2) is 6.78. The van der Waals surface area contributed by atoms with E-state index in [1.807, 2.05) is 6.92 Å². The number of carboxylic acids is 1. The molecule has 0 aromatic heterocycles. The van der Waals surface area contributed by atoms with Gasteiger partial charge in [-0.15, -0.1) is 0 Å². The number of carboxylic acid groups (broad SMARTS) is 1. The quantitative estimate of drug-likeness (QED) is 0.492. The standard InChI is InChI=1S/C9H17N3O4/c1-2-3-12(5-8(14)15)9(16)6(10)4-7(11)13/h6H,2-5,10H2,1H3,(H2,11,13)(H,14,15). The zero-order valence-electron chi connectivity index (χ0n) is 9.18. The van der Waals surface area contributed by atoms with Crippen LogP contribution in [0, 0.1) is 0 Å². The van der Waals surface area contributed by atoms with E-state index in [0.717, 1.165) is 4.90 Å². The summed E-state index contributed by atoms with van der Waals surface area (Å²) in [6.07, 6.45) is 0.334. The van der Waals surface area contributed by atoms with Crippen LogP contribution in [-0.4, -0.2) is 46.9 Å². The molecule has 92 valence electrons. The van der Waals surface area contributed by atoms with Crippen molar-refractivity contribution in [2.45, 2.75) is 25.8 Å². The number of carbonyl (C=O) groups excluding carboxylic acids is 2. The van der Waals surface area contributed by atoms with Crippen LogP contribution in [-0.2, 0) is 14.4 Å². The van der Waals surface area contributed by atoms with E-state index in [0.29, 0.717) is 6.42 Å². The Morgan fingerprint density at radius 2 is 1.94 bits per heavy atom. The van der Waals surface area contributed by atoms with Crippen LogP contribution in [0.3, 0.4) is 0 Å². The zero-order valence-corrected chi connectivity index (χ0v) is 9.18. The van der Waals surface area contributed by atoms with Gasteiger partial charge in [0.2, 0.25) is 11.8 Å². The summed E-state index contributed by atoms with van der Waals surface area (Å²) in [5.74, 6) is -2.37. The molecule has 0 aliphatic carbocycles. The molecular weight excluding hydrogens is 214 g/mol. The van der Waals surface area contributed by atoms with Crippen LogP contribution < -0.4 is 11.5 Å². The first-order chi connectivity index (χ1) is 7.38. The second-order valence-electron chi connectivity index (χ2n) is 3.43. The van der Waals surface area contributed by atoms with Gasteiger partial charge in [-0.25, -0.2) is 0 Å². The number of primary amides is 1. The molecule has 7 nitrogen and oxygen atoms in total. The summed E-state index contributed by atoms with van der Waals surface area (Å²) in [5.41, 5.74) is 10.3. The summed E-state index contributed by atoms with van der Waals surface area (Å²) in [7, 11) is 0. The van der Waals surface area contributed by atoms with Crippen LogP contribution in [0.5, 0.6) is 0 Å². The van der Waals surface area contributed by atoms with Gasteiger partial charge >= 0.3 is 5.97 Å². The minimum atomic E-state index is -1.12. The Labute approximate surface area is 93.4 Å². The van der Waals surface area contributed by atoms with Crippen LogP contribution in [0.1, 0.15) is 19.8 Å². The van der Waals surface area contributed by atoms with Crippen LogP contribution in [0.2, 0.25) is 0 Å². The molecule has 0 heterocycles. The summed E-state index contributed by atoms with van der Waals surface area (Å²) >= 11 is 0. The molecule has 0 radical (unpaired) electrons. The van der Waals surface area contributed by atoms with Crippen LogP contribution >= 0.6 is 0 Å². The number of aliphatic carboxylic acids is 1. The highest BCUT2D eigenvalue weighted by atomic mass is 16.4. The number of rotatable bonds is 7. The fraction of sp³-hybridized carbons (Fsp3) is 0.667. The third-order valence-corrected chi connectivity index (χ3v) is 1.87. The lowest BCUT2D eigenvalue weighted by atomic mass is 10.2. The molecule has 0 aliphatic rings. The Bertz CT molecular complexity index is 280. The van der Waals surface area contributed by atoms with E-state index in [9.17, 15) is 14.4 Å². The largest absolute Gasteiger partial charge is 0.480 e. The molecule has 0 aliphatic heterocycles. The lowest BCUT2D eigenvalue weighted by molar-refractivity contribution is -0.145. The Kier molecular flexibility index (Phi) is 6.09. The summed E-state index contributed by atoms with van der Waals surface area (Å²) in [5, 5.41) is 8.60. The van der Waals surface area contributed by atoms with E-state index in [1.54, 1.807) is 0 Å². The van der Waals surface area contributed by atoms with Crippen molar-refractivity contribution in [1.29, 1.82) is 0 Å². The number of hydrogen-bond donors (Lipinski definition) is 3. The van der Waals surface area contributed by atoms with Gasteiger partial charge in [-0.1, -0.05) is 6.92 Å². The molecule has 1 atom stereocenters. The third-order valence-electron chi connectivity index (χ3n) is 1.87. The van der Waals surface area contributed by atoms with Crippen molar-refractivity contribution in [3.63, 3.8) is 0 Å². The minimum absolute atomic E-state index is 0.279. The van der Waals surface area contributed by atoms with Crippen molar-refractivity contribution < 1.29 is 19.5 Å². The SMILES string of the molecule is CCCN(CC(=O)O)C(=O)C(N)CC(N)=O. The maximum absolute atomic E-state index is 11.6. The summed E-state index contributed by atoms with van der Waals surface area (Å²) < 4.78 is 0. The Hall–Kier alpha value is -1.63. The van der Waals surface area contributed by atoms with E-state index in [4.69, 9.17) is 16.6 Å². The molecule has 0 saturated heterocycles. The zero-order chi connectivity index (χ0) is 12.7. The summed E-state index contributed by atoms with van der Waals surface area (Å²) in [4.78, 5) is 33.8. The van der Waals surface area contributed by atoms with Crippen LogP contribution in [0.15, 0.2) is 0 Å². The maximum atomic E-state index is 11.6. The number of hydrogen-bond acceptors (Lipinski definition) is 4. The lowest BCUT2D eigenvalue weighted by Gasteiger charge is -2.22. The first kappa shape index (κ1) is 14.4. The monoisotopic (exact) mass is 231 g/mol. The molecule has 16 heavy (non-hydrogen) atoms. The van der Waals surface area contributed by atoms with Crippen molar-refractivity contribution in [2.24, 2.45) is 11.5 Å². The molecule has 5 N–H and O–H groups in total. The fourth-order valence-corrected chi connectivity index (χ4v) is 1.24. The first-order valence-electron chi connectivity index (χ1n) is 4.93. The smallest absolute Gasteiger partial charge is 0.323 e. The van der Waals surface area contributed by atoms with Gasteiger partial charge in [0.25, 0.3) is 0 Å². The number of nitrogens with two attached hydrogens (primary N) is 2. The first-order valence-corrected chi connectivity index (χ1v) is 4.93. The number of amides is 2. The topological polar surface area (TPSA) is 127 Å². The molecule has 7 heteroatoms. The highest BCUT2D eigenvalue weighted by molar-refractivity contribution is 5.89. The normalized spacial score (nSPS) is 11.9. The van der Waals surface area contributed by atoms with E-state index in [2.05, 4.69) is 0 Å². The Balaban J connectivity index is 4.46. The van der Waals surface area contributed by atoms with Crippen molar-refractivity contribution in [2.75, 3.05) is 13.1 Å². The van der Waals surface area contributed by atoms with Gasteiger partial charge in [0.1, 0.15) is 6.54 Å². The fourth-order valence-electron chi connectivity index (χ4n) is 1.24. The predicted octanol–water partition coefficient (Wildman–Crippen LogP) is -1.49.